The van der Waals surface area contributed by atoms with Crippen molar-refractivity contribution < 1.29 is 9.85 Å². The Labute approximate surface area is 115 Å². The molecular weight excluding hydrogens is 264 g/mol. The number of anilines is 1. The molecule has 1 aromatic rings. The molecule has 20 heavy (non-hydrogen) atoms. The van der Waals surface area contributed by atoms with Crippen LogP contribution in [0.2, 0.25) is 0 Å². The van der Waals surface area contributed by atoms with E-state index < -0.39 is 9.85 Å². The Bertz CT molecular complexity index is 514. The lowest BCUT2D eigenvalue weighted by molar-refractivity contribution is -0.393. The number of non-ortho nitro benzene ring substituents is 1. The lowest BCUT2D eigenvalue weighted by atomic mass is 10.1. The van der Waals surface area contributed by atoms with Gasteiger partial charge in [0.25, 0.3) is 11.4 Å². The molecule has 0 bridgehead atoms. The first-order valence-electron chi connectivity index (χ1n) is 6.48. The summed E-state index contributed by atoms with van der Waals surface area (Å²) in [4.78, 5) is 20.3. The van der Waals surface area contributed by atoms with E-state index >= 15 is 0 Å². The standard InChI is InChI=1S/C12H16N4O4/c17-15(18)10-3-4-11(12(8-10)16(19)20)14-7-5-9-2-1-6-13-9/h3-4,8-9,13-14H,1-2,5-7H2. The van der Waals surface area contributed by atoms with Crippen LogP contribution in [0.5, 0.6) is 0 Å². The molecule has 8 nitrogen and oxygen atoms in total. The van der Waals surface area contributed by atoms with Crippen LogP contribution >= 0.6 is 0 Å². The number of nitrogens with zero attached hydrogens (tertiary/aromatic N) is 2. The van der Waals surface area contributed by atoms with Gasteiger partial charge in [-0.05, 0) is 31.9 Å². The second kappa shape index (κ2) is 6.29. The summed E-state index contributed by atoms with van der Waals surface area (Å²) in [6.45, 7) is 1.61. The van der Waals surface area contributed by atoms with Crippen molar-refractivity contribution in [1.82, 2.24) is 5.32 Å². The van der Waals surface area contributed by atoms with Crippen LogP contribution in [0, 0.1) is 20.2 Å². The molecule has 0 spiro atoms. The van der Waals surface area contributed by atoms with E-state index in [2.05, 4.69) is 10.6 Å². The highest BCUT2D eigenvalue weighted by Gasteiger charge is 2.19. The minimum Gasteiger partial charge on any atom is -0.379 e. The Morgan fingerprint density at radius 3 is 2.70 bits per heavy atom. The van der Waals surface area contributed by atoms with Crippen LogP contribution in [0.15, 0.2) is 18.2 Å². The average Bonchev–Trinajstić information content (AvgIpc) is 2.91. The Morgan fingerprint density at radius 2 is 2.10 bits per heavy atom. The Hall–Kier alpha value is -2.22. The van der Waals surface area contributed by atoms with Crippen molar-refractivity contribution in [1.29, 1.82) is 0 Å². The molecule has 1 aromatic carbocycles. The van der Waals surface area contributed by atoms with Gasteiger partial charge in [-0.15, -0.1) is 0 Å². The molecule has 1 heterocycles. The highest BCUT2D eigenvalue weighted by Crippen LogP contribution is 2.28. The summed E-state index contributed by atoms with van der Waals surface area (Å²) in [6.07, 6.45) is 3.14. The fourth-order valence-corrected chi connectivity index (χ4v) is 2.32. The van der Waals surface area contributed by atoms with Crippen LogP contribution in [0.25, 0.3) is 0 Å². The van der Waals surface area contributed by atoms with E-state index in [1.165, 1.54) is 12.1 Å². The summed E-state index contributed by atoms with van der Waals surface area (Å²) in [6, 6.07) is 4.08. The normalized spacial score (nSPS) is 17.9. The number of hydrogen-bond acceptors (Lipinski definition) is 6. The third-order valence-electron chi connectivity index (χ3n) is 3.36. The highest BCUT2D eigenvalue weighted by atomic mass is 16.6. The van der Waals surface area contributed by atoms with Crippen LogP contribution in [0.4, 0.5) is 17.1 Å². The summed E-state index contributed by atoms with van der Waals surface area (Å²) >= 11 is 0. The van der Waals surface area contributed by atoms with Crippen molar-refractivity contribution in [2.45, 2.75) is 25.3 Å². The highest BCUT2D eigenvalue weighted by molar-refractivity contribution is 5.65. The second-order valence-corrected chi connectivity index (χ2v) is 4.72. The van der Waals surface area contributed by atoms with Crippen molar-refractivity contribution in [2.75, 3.05) is 18.4 Å². The van der Waals surface area contributed by atoms with Gasteiger partial charge in [0, 0.05) is 18.7 Å². The molecule has 8 heteroatoms. The second-order valence-electron chi connectivity index (χ2n) is 4.72. The zero-order valence-electron chi connectivity index (χ0n) is 10.9. The van der Waals surface area contributed by atoms with E-state index in [1.807, 2.05) is 0 Å². The quantitative estimate of drug-likeness (QED) is 0.609. The number of hydrogen-bond donors (Lipinski definition) is 2. The van der Waals surface area contributed by atoms with Gasteiger partial charge < -0.3 is 10.6 Å². The molecule has 1 aliphatic rings. The first kappa shape index (κ1) is 14.2. The van der Waals surface area contributed by atoms with Crippen molar-refractivity contribution >= 4 is 17.1 Å². The van der Waals surface area contributed by atoms with Gasteiger partial charge in [-0.2, -0.15) is 0 Å². The third kappa shape index (κ3) is 3.41. The van der Waals surface area contributed by atoms with E-state index in [0.29, 0.717) is 18.3 Å². The molecule has 1 fully saturated rings. The predicted molar refractivity (Wildman–Crippen MR) is 73.9 cm³/mol. The first-order valence-corrected chi connectivity index (χ1v) is 6.48. The van der Waals surface area contributed by atoms with Gasteiger partial charge in [0.1, 0.15) is 5.69 Å². The van der Waals surface area contributed by atoms with Gasteiger partial charge in [0.15, 0.2) is 0 Å². The van der Waals surface area contributed by atoms with Gasteiger partial charge in [-0.3, -0.25) is 20.2 Å². The number of nitro groups is 2. The Kier molecular flexibility index (Phi) is 4.46. The van der Waals surface area contributed by atoms with E-state index in [9.17, 15) is 20.2 Å². The maximum atomic E-state index is 10.9. The third-order valence-corrected chi connectivity index (χ3v) is 3.36. The monoisotopic (exact) mass is 280 g/mol. The van der Waals surface area contributed by atoms with Crippen LogP contribution in [0.1, 0.15) is 19.3 Å². The van der Waals surface area contributed by atoms with Gasteiger partial charge in [-0.1, -0.05) is 0 Å². The molecule has 108 valence electrons. The molecule has 1 aliphatic heterocycles. The SMILES string of the molecule is O=[N+]([O-])c1ccc(NCCC2CCCN2)c([N+](=O)[O-])c1. The van der Waals surface area contributed by atoms with Gasteiger partial charge in [0.05, 0.1) is 15.9 Å². The first-order chi connectivity index (χ1) is 9.58. The zero-order valence-corrected chi connectivity index (χ0v) is 10.9. The molecule has 2 N–H and O–H groups in total. The van der Waals surface area contributed by atoms with Crippen LogP contribution in [-0.2, 0) is 0 Å². The van der Waals surface area contributed by atoms with Crippen molar-refractivity contribution in [3.8, 4) is 0 Å². The Balaban J connectivity index is 2.02. The molecule has 1 unspecified atom stereocenters. The lowest BCUT2D eigenvalue weighted by Gasteiger charge is -2.11. The molecule has 1 atom stereocenters. The number of nitro benzene ring substituents is 2. The Morgan fingerprint density at radius 1 is 1.30 bits per heavy atom. The molecule has 2 rings (SSSR count). The van der Waals surface area contributed by atoms with Crippen LogP contribution in [-0.4, -0.2) is 29.0 Å². The van der Waals surface area contributed by atoms with Crippen LogP contribution in [0.3, 0.4) is 0 Å². The molecule has 0 aliphatic carbocycles. The molecular formula is C12H16N4O4. The van der Waals surface area contributed by atoms with E-state index in [1.54, 1.807) is 0 Å². The molecule has 0 amide bonds. The fraction of sp³-hybridized carbons (Fsp3) is 0.500. The molecule has 1 saturated heterocycles. The molecule has 0 aromatic heterocycles. The largest absolute Gasteiger partial charge is 0.379 e. The summed E-state index contributed by atoms with van der Waals surface area (Å²) < 4.78 is 0. The number of nitrogens with one attached hydrogen (secondary N) is 2. The van der Waals surface area contributed by atoms with Gasteiger partial charge in [0.2, 0.25) is 0 Å². The summed E-state index contributed by atoms with van der Waals surface area (Å²) in [5, 5.41) is 27.9. The summed E-state index contributed by atoms with van der Waals surface area (Å²) in [5.41, 5.74) is -0.225. The lowest BCUT2D eigenvalue weighted by Crippen LogP contribution is -2.24. The minimum absolute atomic E-state index is 0.265. The van der Waals surface area contributed by atoms with Gasteiger partial charge in [-0.25, -0.2) is 0 Å². The smallest absolute Gasteiger partial charge is 0.299 e. The number of benzene rings is 1. The maximum Gasteiger partial charge on any atom is 0.299 e. The zero-order chi connectivity index (χ0) is 14.5. The number of rotatable bonds is 6. The van der Waals surface area contributed by atoms with E-state index in [4.69, 9.17) is 0 Å². The van der Waals surface area contributed by atoms with Crippen molar-refractivity contribution in [3.63, 3.8) is 0 Å². The fourth-order valence-electron chi connectivity index (χ4n) is 2.32. The van der Waals surface area contributed by atoms with E-state index in [-0.39, 0.29) is 11.4 Å². The van der Waals surface area contributed by atoms with Gasteiger partial charge >= 0.3 is 0 Å². The van der Waals surface area contributed by atoms with Crippen LogP contribution < -0.4 is 10.6 Å². The predicted octanol–water partition coefficient (Wildman–Crippen LogP) is 2.06. The topological polar surface area (TPSA) is 110 Å². The molecule has 0 radical (unpaired) electrons. The molecule has 0 saturated carbocycles. The summed E-state index contributed by atoms with van der Waals surface area (Å²) in [7, 11) is 0. The van der Waals surface area contributed by atoms with E-state index in [0.717, 1.165) is 31.9 Å². The van der Waals surface area contributed by atoms with Crippen molar-refractivity contribution in [2.24, 2.45) is 0 Å². The maximum absolute atomic E-state index is 10.9. The summed E-state index contributed by atoms with van der Waals surface area (Å²) in [5.74, 6) is 0. The van der Waals surface area contributed by atoms with Crippen molar-refractivity contribution in [3.05, 3.63) is 38.4 Å². The average molecular weight is 280 g/mol. The minimum atomic E-state index is -0.640.